The van der Waals surface area contributed by atoms with Gasteiger partial charge in [-0.1, -0.05) is 11.6 Å². The predicted octanol–water partition coefficient (Wildman–Crippen LogP) is 0.236. The van der Waals surface area contributed by atoms with Crippen molar-refractivity contribution in [3.63, 3.8) is 0 Å². The number of pyridine rings is 1. The van der Waals surface area contributed by atoms with Crippen molar-refractivity contribution >= 4 is 17.5 Å². The zero-order valence-electron chi connectivity index (χ0n) is 14.4. The number of carbonyl (C=O) groups is 1. The SMILES string of the molecule is O=C(c1ccc(Cl)nc1)N1CCN([C@H]2CO[C@H]3[C@@H]2OC[C@@H]3O[N+](=O)[O-])CC1. The number of fused-ring (bicyclic) bond motifs is 1. The molecule has 3 aliphatic rings. The summed E-state index contributed by atoms with van der Waals surface area (Å²) in [5.41, 5.74) is 0.510. The lowest BCUT2D eigenvalue weighted by atomic mass is 10.1. The largest absolute Gasteiger partial charge is 0.371 e. The van der Waals surface area contributed by atoms with E-state index in [1.54, 1.807) is 17.0 Å². The lowest BCUT2D eigenvalue weighted by Gasteiger charge is -2.38. The number of nitrogens with zero attached hydrogens (tertiary/aromatic N) is 4. The fourth-order valence-corrected chi connectivity index (χ4v) is 4.01. The second-order valence-corrected chi connectivity index (χ2v) is 7.12. The molecule has 11 heteroatoms. The third kappa shape index (κ3) is 3.70. The number of carbonyl (C=O) groups excluding carboxylic acids is 1. The molecule has 10 nitrogen and oxygen atoms in total. The van der Waals surface area contributed by atoms with E-state index in [9.17, 15) is 14.9 Å². The van der Waals surface area contributed by atoms with E-state index in [1.165, 1.54) is 6.20 Å². The predicted molar refractivity (Wildman–Crippen MR) is 91.9 cm³/mol. The van der Waals surface area contributed by atoms with Gasteiger partial charge in [0.1, 0.15) is 17.4 Å². The minimum Gasteiger partial charge on any atom is -0.371 e. The van der Waals surface area contributed by atoms with Gasteiger partial charge in [-0.3, -0.25) is 9.69 Å². The summed E-state index contributed by atoms with van der Waals surface area (Å²) in [4.78, 5) is 35.7. The number of halogens is 1. The maximum Gasteiger partial charge on any atom is 0.294 e. The van der Waals surface area contributed by atoms with Gasteiger partial charge in [0, 0.05) is 32.4 Å². The molecule has 0 aromatic carbocycles. The molecule has 146 valence electrons. The Morgan fingerprint density at radius 1 is 1.22 bits per heavy atom. The molecule has 4 rings (SSSR count). The van der Waals surface area contributed by atoms with E-state index in [-0.39, 0.29) is 24.7 Å². The first-order valence-corrected chi connectivity index (χ1v) is 9.10. The zero-order chi connectivity index (χ0) is 19.0. The van der Waals surface area contributed by atoms with Gasteiger partial charge in [-0.15, -0.1) is 10.1 Å². The molecule has 3 saturated heterocycles. The minimum absolute atomic E-state index is 0.00445. The van der Waals surface area contributed by atoms with Crippen LogP contribution in [-0.2, 0) is 14.3 Å². The van der Waals surface area contributed by atoms with Crippen LogP contribution < -0.4 is 0 Å². The number of hydrogen-bond donors (Lipinski definition) is 0. The van der Waals surface area contributed by atoms with Gasteiger partial charge in [0.05, 0.1) is 24.8 Å². The summed E-state index contributed by atoms with van der Waals surface area (Å²) in [6.07, 6.45) is 0.113. The number of rotatable bonds is 4. The van der Waals surface area contributed by atoms with E-state index in [0.717, 1.165) is 0 Å². The summed E-state index contributed by atoms with van der Waals surface area (Å²) in [7, 11) is 0. The second-order valence-electron chi connectivity index (χ2n) is 6.73. The molecular formula is C16H19ClN4O6. The van der Waals surface area contributed by atoms with Crippen molar-refractivity contribution in [1.82, 2.24) is 14.8 Å². The third-order valence-electron chi connectivity index (χ3n) is 5.25. The highest BCUT2D eigenvalue weighted by Gasteiger charge is 2.51. The van der Waals surface area contributed by atoms with Crippen LogP contribution in [0.2, 0.25) is 5.15 Å². The molecule has 0 N–H and O–H groups in total. The topological polar surface area (TPSA) is 107 Å². The van der Waals surface area contributed by atoms with Gasteiger partial charge < -0.3 is 19.2 Å². The van der Waals surface area contributed by atoms with E-state index >= 15 is 0 Å². The average Bonchev–Trinajstić information content (AvgIpc) is 3.25. The average molecular weight is 399 g/mol. The van der Waals surface area contributed by atoms with E-state index < -0.39 is 17.3 Å². The molecule has 0 radical (unpaired) electrons. The molecule has 0 aliphatic carbocycles. The van der Waals surface area contributed by atoms with Gasteiger partial charge in [-0.25, -0.2) is 4.98 Å². The molecule has 27 heavy (non-hydrogen) atoms. The quantitative estimate of drug-likeness (QED) is 0.403. The molecule has 0 unspecified atom stereocenters. The van der Waals surface area contributed by atoms with Gasteiger partial charge in [0.25, 0.3) is 11.0 Å². The Hall–Kier alpha value is -2.01. The smallest absolute Gasteiger partial charge is 0.294 e. The summed E-state index contributed by atoms with van der Waals surface area (Å²) < 4.78 is 11.4. The Morgan fingerprint density at radius 3 is 2.63 bits per heavy atom. The van der Waals surface area contributed by atoms with Gasteiger partial charge >= 0.3 is 0 Å². The number of amides is 1. The number of ether oxygens (including phenoxy) is 2. The maximum atomic E-state index is 12.6. The van der Waals surface area contributed by atoms with Gasteiger partial charge in [-0.2, -0.15) is 0 Å². The summed E-state index contributed by atoms with van der Waals surface area (Å²) >= 11 is 5.76. The highest BCUT2D eigenvalue weighted by atomic mass is 35.5. The van der Waals surface area contributed by atoms with Crippen molar-refractivity contribution in [3.05, 3.63) is 39.2 Å². The Kier molecular flexibility index (Phi) is 5.13. The van der Waals surface area contributed by atoms with Crippen LogP contribution >= 0.6 is 11.6 Å². The Morgan fingerprint density at radius 2 is 1.96 bits per heavy atom. The fraction of sp³-hybridized carbons (Fsp3) is 0.625. The summed E-state index contributed by atoms with van der Waals surface area (Å²) in [5.74, 6) is -0.0732. The molecular weight excluding hydrogens is 380 g/mol. The first kappa shape index (κ1) is 18.4. The van der Waals surface area contributed by atoms with Crippen LogP contribution in [0.5, 0.6) is 0 Å². The van der Waals surface area contributed by atoms with E-state index in [0.29, 0.717) is 43.5 Å². The molecule has 1 amide bonds. The molecule has 4 atom stereocenters. The van der Waals surface area contributed by atoms with E-state index in [1.807, 2.05) is 0 Å². The van der Waals surface area contributed by atoms with Gasteiger partial charge in [-0.05, 0) is 12.1 Å². The molecule has 0 spiro atoms. The lowest BCUT2D eigenvalue weighted by molar-refractivity contribution is -0.769. The summed E-state index contributed by atoms with van der Waals surface area (Å²) in [6.45, 7) is 3.08. The number of aromatic nitrogens is 1. The van der Waals surface area contributed by atoms with Crippen molar-refractivity contribution < 1.29 is 24.2 Å². The molecule has 1 aromatic heterocycles. The van der Waals surface area contributed by atoms with Crippen molar-refractivity contribution in [2.45, 2.75) is 24.4 Å². The van der Waals surface area contributed by atoms with Crippen LogP contribution in [0.15, 0.2) is 18.3 Å². The highest BCUT2D eigenvalue weighted by molar-refractivity contribution is 6.29. The minimum atomic E-state index is -0.802. The van der Waals surface area contributed by atoms with Crippen LogP contribution in [0.1, 0.15) is 10.4 Å². The van der Waals surface area contributed by atoms with Crippen LogP contribution in [0, 0.1) is 10.1 Å². The van der Waals surface area contributed by atoms with Gasteiger partial charge in [0.15, 0.2) is 6.10 Å². The monoisotopic (exact) mass is 398 g/mol. The van der Waals surface area contributed by atoms with Crippen molar-refractivity contribution in [1.29, 1.82) is 0 Å². The van der Waals surface area contributed by atoms with E-state index in [2.05, 4.69) is 14.7 Å². The van der Waals surface area contributed by atoms with Crippen LogP contribution in [0.4, 0.5) is 0 Å². The number of piperazine rings is 1. The lowest BCUT2D eigenvalue weighted by Crippen LogP contribution is -2.55. The fourth-order valence-electron chi connectivity index (χ4n) is 3.90. The van der Waals surface area contributed by atoms with E-state index in [4.69, 9.17) is 21.1 Å². The van der Waals surface area contributed by atoms with Crippen LogP contribution in [0.25, 0.3) is 0 Å². The van der Waals surface area contributed by atoms with Gasteiger partial charge in [0.2, 0.25) is 0 Å². The van der Waals surface area contributed by atoms with Crippen molar-refractivity contribution in [2.75, 3.05) is 39.4 Å². The summed E-state index contributed by atoms with van der Waals surface area (Å²) in [6, 6.07) is 3.27. The van der Waals surface area contributed by atoms with Crippen LogP contribution in [0.3, 0.4) is 0 Å². The van der Waals surface area contributed by atoms with Crippen molar-refractivity contribution in [2.24, 2.45) is 0 Å². The first-order valence-electron chi connectivity index (χ1n) is 8.72. The van der Waals surface area contributed by atoms with Crippen LogP contribution in [-0.4, -0.2) is 89.5 Å². The van der Waals surface area contributed by atoms with Crippen molar-refractivity contribution in [3.8, 4) is 0 Å². The highest BCUT2D eigenvalue weighted by Crippen LogP contribution is 2.32. The second kappa shape index (κ2) is 7.55. The maximum absolute atomic E-state index is 12.6. The zero-order valence-corrected chi connectivity index (χ0v) is 15.2. The molecule has 1 aromatic rings. The summed E-state index contributed by atoms with van der Waals surface area (Å²) in [5, 5.41) is 10.1. The molecule has 3 aliphatic heterocycles. The molecule has 0 saturated carbocycles. The molecule has 0 bridgehead atoms. The third-order valence-corrected chi connectivity index (χ3v) is 5.47. The first-order chi connectivity index (χ1) is 13.0. The standard InChI is InChI=1S/C16H19ClN4O6/c17-13-2-1-10(7-18-13)16(22)20-5-3-19(4-6-20)11-8-25-15-12(27-21(23)24)9-26-14(11)15/h1-2,7,11-12,14-15H,3-6,8-9H2/t11-,12-,14+,15+/m0/s1. The Bertz CT molecular complexity index is 711. The Labute approximate surface area is 160 Å². The Balaban J connectivity index is 1.33. The molecule has 4 heterocycles. The molecule has 3 fully saturated rings. The normalized spacial score (nSPS) is 30.9. The number of hydrogen-bond acceptors (Lipinski definition) is 8.